The van der Waals surface area contributed by atoms with Gasteiger partial charge in [-0.3, -0.25) is 4.79 Å². The lowest BCUT2D eigenvalue weighted by molar-refractivity contribution is -0.147. The highest BCUT2D eigenvalue weighted by Gasteiger charge is 2.46. The van der Waals surface area contributed by atoms with Crippen LogP contribution < -0.4 is 0 Å². The summed E-state index contributed by atoms with van der Waals surface area (Å²) in [5.74, 6) is 1.11. The zero-order chi connectivity index (χ0) is 14.8. The van der Waals surface area contributed by atoms with Gasteiger partial charge in [-0.05, 0) is 52.1 Å². The van der Waals surface area contributed by atoms with Crippen LogP contribution in [0.2, 0.25) is 0 Å². The zero-order valence-corrected chi connectivity index (χ0v) is 13.8. The van der Waals surface area contributed by atoms with Crippen LogP contribution in [0.15, 0.2) is 0 Å². The SMILES string of the molecule is CC(C)CCCC(=O)N1CC2(CCN(C(C)C)CC2)C1. The molecule has 2 rings (SSSR count). The van der Waals surface area contributed by atoms with E-state index in [-0.39, 0.29) is 0 Å². The fourth-order valence-electron chi connectivity index (χ4n) is 3.59. The maximum atomic E-state index is 12.1. The summed E-state index contributed by atoms with van der Waals surface area (Å²) in [5, 5.41) is 0. The largest absolute Gasteiger partial charge is 0.341 e. The van der Waals surface area contributed by atoms with Crippen LogP contribution in [0.5, 0.6) is 0 Å². The van der Waals surface area contributed by atoms with Crippen LogP contribution in [0.1, 0.15) is 59.8 Å². The van der Waals surface area contributed by atoms with E-state index >= 15 is 0 Å². The molecule has 0 aromatic rings. The Morgan fingerprint density at radius 2 is 1.70 bits per heavy atom. The van der Waals surface area contributed by atoms with E-state index in [4.69, 9.17) is 0 Å². The van der Waals surface area contributed by atoms with Gasteiger partial charge in [-0.1, -0.05) is 20.3 Å². The van der Waals surface area contributed by atoms with Crippen molar-refractivity contribution in [1.82, 2.24) is 9.80 Å². The van der Waals surface area contributed by atoms with Crippen molar-refractivity contribution in [3.8, 4) is 0 Å². The second-order valence-electron chi connectivity index (χ2n) is 7.67. The number of amides is 1. The molecule has 2 heterocycles. The van der Waals surface area contributed by atoms with Gasteiger partial charge in [0.15, 0.2) is 0 Å². The molecule has 3 heteroatoms. The fourth-order valence-corrected chi connectivity index (χ4v) is 3.59. The van der Waals surface area contributed by atoms with Crippen molar-refractivity contribution in [3.05, 3.63) is 0 Å². The molecule has 0 bridgehead atoms. The van der Waals surface area contributed by atoms with Gasteiger partial charge in [0.2, 0.25) is 5.91 Å². The van der Waals surface area contributed by atoms with Crippen LogP contribution in [0.25, 0.3) is 0 Å². The van der Waals surface area contributed by atoms with Crippen molar-refractivity contribution >= 4 is 5.91 Å². The van der Waals surface area contributed by atoms with Crippen molar-refractivity contribution in [1.29, 1.82) is 0 Å². The van der Waals surface area contributed by atoms with Gasteiger partial charge in [0.1, 0.15) is 0 Å². The Morgan fingerprint density at radius 3 is 2.20 bits per heavy atom. The summed E-state index contributed by atoms with van der Waals surface area (Å²) in [6, 6.07) is 0.668. The molecule has 0 radical (unpaired) electrons. The highest BCUT2D eigenvalue weighted by molar-refractivity contribution is 5.77. The van der Waals surface area contributed by atoms with E-state index in [9.17, 15) is 4.79 Å². The predicted octanol–water partition coefficient (Wildman–Crippen LogP) is 3.15. The molecule has 2 aliphatic heterocycles. The third-order valence-corrected chi connectivity index (χ3v) is 5.17. The summed E-state index contributed by atoms with van der Waals surface area (Å²) in [7, 11) is 0. The predicted molar refractivity (Wildman–Crippen MR) is 83.6 cm³/mol. The maximum Gasteiger partial charge on any atom is 0.222 e. The molecule has 20 heavy (non-hydrogen) atoms. The Labute approximate surface area is 124 Å². The minimum atomic E-state index is 0.391. The molecule has 0 saturated carbocycles. The van der Waals surface area contributed by atoms with Crippen molar-refractivity contribution in [2.24, 2.45) is 11.3 Å². The van der Waals surface area contributed by atoms with Crippen molar-refractivity contribution in [2.75, 3.05) is 26.2 Å². The second-order valence-corrected chi connectivity index (χ2v) is 7.67. The molecular weight excluding hydrogens is 248 g/mol. The Kier molecular flexibility index (Phi) is 5.11. The van der Waals surface area contributed by atoms with Gasteiger partial charge in [-0.15, -0.1) is 0 Å². The molecule has 3 nitrogen and oxygen atoms in total. The molecule has 0 aliphatic carbocycles. The lowest BCUT2D eigenvalue weighted by atomic mass is 9.71. The first-order chi connectivity index (χ1) is 9.42. The number of rotatable bonds is 5. The van der Waals surface area contributed by atoms with Gasteiger partial charge in [0, 0.05) is 31.0 Å². The Balaban J connectivity index is 1.68. The normalized spacial score (nSPS) is 22.6. The Hall–Kier alpha value is -0.570. The van der Waals surface area contributed by atoms with Crippen molar-refractivity contribution in [2.45, 2.75) is 65.8 Å². The maximum absolute atomic E-state index is 12.1. The van der Waals surface area contributed by atoms with E-state index < -0.39 is 0 Å². The van der Waals surface area contributed by atoms with Gasteiger partial charge < -0.3 is 9.80 Å². The molecule has 0 unspecified atom stereocenters. The second kappa shape index (κ2) is 6.46. The van der Waals surface area contributed by atoms with Gasteiger partial charge in [-0.2, -0.15) is 0 Å². The number of carbonyl (C=O) groups excluding carboxylic acids is 1. The summed E-state index contributed by atoms with van der Waals surface area (Å²) in [4.78, 5) is 16.8. The van der Waals surface area contributed by atoms with Crippen LogP contribution in [0.3, 0.4) is 0 Å². The first kappa shape index (κ1) is 15.8. The number of hydrogen-bond acceptors (Lipinski definition) is 2. The molecule has 0 aromatic carbocycles. The van der Waals surface area contributed by atoms with Gasteiger partial charge >= 0.3 is 0 Å². The van der Waals surface area contributed by atoms with Crippen LogP contribution in [0.4, 0.5) is 0 Å². The van der Waals surface area contributed by atoms with E-state index in [1.165, 1.54) is 32.4 Å². The van der Waals surface area contributed by atoms with Gasteiger partial charge in [0.05, 0.1) is 0 Å². The lowest BCUT2D eigenvalue weighted by Gasteiger charge is -2.54. The van der Waals surface area contributed by atoms with E-state index in [1.54, 1.807) is 0 Å². The summed E-state index contributed by atoms with van der Waals surface area (Å²) < 4.78 is 0. The standard InChI is InChI=1S/C17H32N2O/c1-14(2)6-5-7-16(20)19-12-17(13-19)8-10-18(11-9-17)15(3)4/h14-15H,5-13H2,1-4H3. The molecule has 116 valence electrons. The molecule has 1 spiro atoms. The zero-order valence-electron chi connectivity index (χ0n) is 13.8. The average molecular weight is 280 g/mol. The number of likely N-dealkylation sites (tertiary alicyclic amines) is 2. The monoisotopic (exact) mass is 280 g/mol. The third kappa shape index (κ3) is 3.75. The number of carbonyl (C=O) groups is 1. The van der Waals surface area contributed by atoms with Crippen LogP contribution in [0, 0.1) is 11.3 Å². The van der Waals surface area contributed by atoms with Crippen molar-refractivity contribution < 1.29 is 4.79 Å². The highest BCUT2D eigenvalue weighted by Crippen LogP contribution is 2.41. The number of hydrogen-bond donors (Lipinski definition) is 0. The quantitative estimate of drug-likeness (QED) is 0.772. The molecule has 0 aromatic heterocycles. The summed E-state index contributed by atoms with van der Waals surface area (Å²) >= 11 is 0. The third-order valence-electron chi connectivity index (χ3n) is 5.17. The smallest absolute Gasteiger partial charge is 0.222 e. The fraction of sp³-hybridized carbons (Fsp3) is 0.941. The van der Waals surface area contributed by atoms with E-state index in [2.05, 4.69) is 37.5 Å². The molecule has 2 saturated heterocycles. The molecule has 0 N–H and O–H groups in total. The molecule has 0 atom stereocenters. The Bertz CT molecular complexity index is 322. The topological polar surface area (TPSA) is 23.6 Å². The van der Waals surface area contributed by atoms with E-state index in [0.717, 1.165) is 25.9 Å². The van der Waals surface area contributed by atoms with E-state index in [1.807, 2.05) is 0 Å². The average Bonchev–Trinajstić information content (AvgIpc) is 2.35. The lowest BCUT2D eigenvalue weighted by Crippen LogP contribution is -2.62. The molecule has 1 amide bonds. The molecule has 2 aliphatic rings. The van der Waals surface area contributed by atoms with E-state index in [0.29, 0.717) is 23.3 Å². The first-order valence-corrected chi connectivity index (χ1v) is 8.44. The number of nitrogens with zero attached hydrogens (tertiary/aromatic N) is 2. The summed E-state index contributed by atoms with van der Waals surface area (Å²) in [5.41, 5.74) is 0.471. The van der Waals surface area contributed by atoms with Gasteiger partial charge in [-0.25, -0.2) is 0 Å². The molecule has 2 fully saturated rings. The summed E-state index contributed by atoms with van der Waals surface area (Å²) in [6.45, 7) is 13.5. The first-order valence-electron chi connectivity index (χ1n) is 8.44. The van der Waals surface area contributed by atoms with Crippen molar-refractivity contribution in [3.63, 3.8) is 0 Å². The molecular formula is C17H32N2O. The minimum Gasteiger partial charge on any atom is -0.341 e. The highest BCUT2D eigenvalue weighted by atomic mass is 16.2. The van der Waals surface area contributed by atoms with Crippen LogP contribution in [-0.4, -0.2) is 47.9 Å². The minimum absolute atomic E-state index is 0.391. The summed E-state index contributed by atoms with van der Waals surface area (Å²) in [6.07, 6.45) is 5.55. The van der Waals surface area contributed by atoms with Gasteiger partial charge in [0.25, 0.3) is 0 Å². The Morgan fingerprint density at radius 1 is 1.10 bits per heavy atom. The van der Waals surface area contributed by atoms with Crippen LogP contribution >= 0.6 is 0 Å². The van der Waals surface area contributed by atoms with Crippen LogP contribution in [-0.2, 0) is 4.79 Å². The number of piperidine rings is 1.